The van der Waals surface area contributed by atoms with Gasteiger partial charge in [-0.05, 0) is 54.9 Å². The van der Waals surface area contributed by atoms with Gasteiger partial charge in [0, 0.05) is 30.9 Å². The summed E-state index contributed by atoms with van der Waals surface area (Å²) in [7, 11) is 0. The number of carboxylic acids is 1. The van der Waals surface area contributed by atoms with E-state index in [1.165, 1.54) is 0 Å². The Labute approximate surface area is 267 Å². The zero-order valence-corrected chi connectivity index (χ0v) is 25.5. The Morgan fingerprint density at radius 3 is 2.17 bits per heavy atom. The summed E-state index contributed by atoms with van der Waals surface area (Å²) in [6, 6.07) is 18.7. The van der Waals surface area contributed by atoms with Crippen molar-refractivity contribution in [3.05, 3.63) is 102 Å². The average molecular weight is 626 g/mol. The van der Waals surface area contributed by atoms with E-state index in [0.29, 0.717) is 37.7 Å². The van der Waals surface area contributed by atoms with Gasteiger partial charge in [0.15, 0.2) is 0 Å². The van der Waals surface area contributed by atoms with Crippen molar-refractivity contribution >= 4 is 29.6 Å². The summed E-state index contributed by atoms with van der Waals surface area (Å²) in [5.41, 5.74) is 2.42. The highest BCUT2D eigenvalue weighted by Gasteiger charge is 2.46. The number of aromatic nitrogens is 1. The molecule has 1 aromatic heterocycles. The van der Waals surface area contributed by atoms with Crippen LogP contribution in [-0.4, -0.2) is 74.8 Å². The Kier molecular flexibility index (Phi) is 10.7. The molecule has 11 heteroatoms. The molecule has 0 aliphatic carbocycles. The largest absolute Gasteiger partial charge is 0.481 e. The fraction of sp³-hybridized carbons (Fsp3) is 0.371. The molecule has 2 aliphatic heterocycles. The second-order valence-corrected chi connectivity index (χ2v) is 12.0. The van der Waals surface area contributed by atoms with Crippen LogP contribution in [0.3, 0.4) is 0 Å². The number of carbonyl (C=O) groups is 5. The molecular weight excluding hydrogens is 586 g/mol. The van der Waals surface area contributed by atoms with Gasteiger partial charge in [-0.25, -0.2) is 0 Å². The van der Waals surface area contributed by atoms with Crippen LogP contribution in [0.25, 0.3) is 0 Å². The minimum absolute atomic E-state index is 0.123. The van der Waals surface area contributed by atoms with Crippen LogP contribution in [0.15, 0.2) is 85.2 Å². The predicted octanol–water partition coefficient (Wildman–Crippen LogP) is 2.19. The highest BCUT2D eigenvalue weighted by molar-refractivity contribution is 5.95. The number of rotatable bonds is 13. The summed E-state index contributed by atoms with van der Waals surface area (Å²) in [6.45, 7) is 0. The summed E-state index contributed by atoms with van der Waals surface area (Å²) in [6.07, 6.45) is 5.72. The minimum Gasteiger partial charge on any atom is -0.481 e. The lowest BCUT2D eigenvalue weighted by molar-refractivity contribution is -0.146. The van der Waals surface area contributed by atoms with Crippen LogP contribution in [-0.2, 0) is 43.2 Å². The van der Waals surface area contributed by atoms with Crippen LogP contribution in [0.4, 0.5) is 0 Å². The van der Waals surface area contributed by atoms with Crippen molar-refractivity contribution < 1.29 is 29.1 Å². The number of aliphatic carboxylic acids is 1. The van der Waals surface area contributed by atoms with Crippen molar-refractivity contribution in [1.29, 1.82) is 0 Å². The summed E-state index contributed by atoms with van der Waals surface area (Å²) >= 11 is 0. The van der Waals surface area contributed by atoms with Gasteiger partial charge in [-0.15, -0.1) is 0 Å². The van der Waals surface area contributed by atoms with Gasteiger partial charge in [0.05, 0.1) is 12.8 Å². The number of carboxylic acid groups (broad SMARTS) is 1. The molecule has 11 nitrogen and oxygen atoms in total. The first-order valence-corrected chi connectivity index (χ1v) is 15.7. The van der Waals surface area contributed by atoms with E-state index in [0.717, 1.165) is 11.1 Å². The highest BCUT2D eigenvalue weighted by Crippen LogP contribution is 2.33. The topological polar surface area (TPSA) is 158 Å². The Hall–Kier alpha value is -5.06. The second-order valence-electron chi connectivity index (χ2n) is 12.0. The second kappa shape index (κ2) is 15.3. The normalized spacial score (nSPS) is 20.2. The van der Waals surface area contributed by atoms with Gasteiger partial charge in [0.1, 0.15) is 18.1 Å². The Bertz CT molecular complexity index is 1520. The fourth-order valence-corrected chi connectivity index (χ4v) is 6.40. The molecule has 2 fully saturated rings. The first-order valence-electron chi connectivity index (χ1n) is 15.7. The SMILES string of the molecule is O=C(O)C[C@H](Cc1ccccc1)NC(=O)[C@H](Cc1cccnc1)NC(=O)C1CC[C@@H]2CCC(NC(=O)Cc3ccccc3)C(=O)N12. The van der Waals surface area contributed by atoms with E-state index in [2.05, 4.69) is 20.9 Å². The number of pyridine rings is 1. The molecule has 0 bridgehead atoms. The molecule has 3 heterocycles. The molecule has 2 unspecified atom stereocenters. The Morgan fingerprint density at radius 1 is 0.826 bits per heavy atom. The van der Waals surface area contributed by atoms with Gasteiger partial charge < -0.3 is 26.0 Å². The number of hydrogen-bond acceptors (Lipinski definition) is 6. The molecule has 0 spiro atoms. The highest BCUT2D eigenvalue weighted by atomic mass is 16.4. The summed E-state index contributed by atoms with van der Waals surface area (Å²) in [5, 5.41) is 18.1. The molecule has 4 amide bonds. The van der Waals surface area contributed by atoms with Crippen LogP contribution in [0.5, 0.6) is 0 Å². The van der Waals surface area contributed by atoms with E-state index < -0.39 is 42.0 Å². The third-order valence-corrected chi connectivity index (χ3v) is 8.58. The van der Waals surface area contributed by atoms with E-state index in [1.54, 1.807) is 29.4 Å². The van der Waals surface area contributed by atoms with Gasteiger partial charge >= 0.3 is 5.97 Å². The molecule has 3 aromatic rings. The number of carbonyl (C=O) groups excluding carboxylic acids is 4. The first-order chi connectivity index (χ1) is 22.3. The molecular formula is C35H39N5O6. The van der Waals surface area contributed by atoms with Crippen molar-refractivity contribution in [2.75, 3.05) is 0 Å². The molecule has 5 rings (SSSR count). The van der Waals surface area contributed by atoms with Gasteiger partial charge in [-0.2, -0.15) is 0 Å². The molecule has 0 radical (unpaired) electrons. The van der Waals surface area contributed by atoms with Crippen molar-refractivity contribution in [1.82, 2.24) is 25.8 Å². The smallest absolute Gasteiger partial charge is 0.305 e. The fourth-order valence-electron chi connectivity index (χ4n) is 6.40. The lowest BCUT2D eigenvalue weighted by atomic mass is 9.97. The monoisotopic (exact) mass is 625 g/mol. The maximum Gasteiger partial charge on any atom is 0.305 e. The van der Waals surface area contributed by atoms with E-state index in [-0.39, 0.29) is 37.1 Å². The molecule has 240 valence electrons. The molecule has 4 N–H and O–H groups in total. The lowest BCUT2D eigenvalue weighted by Gasteiger charge is -2.38. The maximum absolute atomic E-state index is 13.8. The Balaban J connectivity index is 1.28. The van der Waals surface area contributed by atoms with Gasteiger partial charge in [-0.1, -0.05) is 66.7 Å². The number of nitrogens with one attached hydrogen (secondary N) is 3. The quantitative estimate of drug-likeness (QED) is 0.227. The van der Waals surface area contributed by atoms with Crippen LogP contribution in [0.1, 0.15) is 48.8 Å². The van der Waals surface area contributed by atoms with Gasteiger partial charge in [0.2, 0.25) is 23.6 Å². The lowest BCUT2D eigenvalue weighted by Crippen LogP contribution is -2.60. The van der Waals surface area contributed by atoms with E-state index in [9.17, 15) is 29.1 Å². The van der Waals surface area contributed by atoms with Crippen molar-refractivity contribution in [2.24, 2.45) is 0 Å². The maximum atomic E-state index is 13.8. The summed E-state index contributed by atoms with van der Waals surface area (Å²) in [5.74, 6) is -2.60. The Morgan fingerprint density at radius 2 is 1.50 bits per heavy atom. The number of hydrogen-bond donors (Lipinski definition) is 4. The predicted molar refractivity (Wildman–Crippen MR) is 169 cm³/mol. The third-order valence-electron chi connectivity index (χ3n) is 8.58. The molecule has 2 aliphatic rings. The van der Waals surface area contributed by atoms with Crippen LogP contribution < -0.4 is 16.0 Å². The van der Waals surface area contributed by atoms with Crippen molar-refractivity contribution in [3.8, 4) is 0 Å². The number of fused-ring (bicyclic) bond motifs is 1. The summed E-state index contributed by atoms with van der Waals surface area (Å²) in [4.78, 5) is 71.2. The van der Waals surface area contributed by atoms with E-state index in [4.69, 9.17) is 0 Å². The van der Waals surface area contributed by atoms with Gasteiger partial charge in [0.25, 0.3) is 0 Å². The number of nitrogens with zero attached hydrogens (tertiary/aromatic N) is 2. The molecule has 46 heavy (non-hydrogen) atoms. The number of piperidine rings is 1. The zero-order chi connectivity index (χ0) is 32.5. The third kappa shape index (κ3) is 8.56. The zero-order valence-electron chi connectivity index (χ0n) is 25.5. The first kappa shape index (κ1) is 32.3. The van der Waals surface area contributed by atoms with Gasteiger partial charge in [-0.3, -0.25) is 29.0 Å². The number of benzene rings is 2. The van der Waals surface area contributed by atoms with E-state index in [1.807, 2.05) is 60.7 Å². The molecule has 0 saturated carbocycles. The summed E-state index contributed by atoms with van der Waals surface area (Å²) < 4.78 is 0. The molecule has 2 aromatic carbocycles. The van der Waals surface area contributed by atoms with Crippen molar-refractivity contribution in [3.63, 3.8) is 0 Å². The van der Waals surface area contributed by atoms with Crippen molar-refractivity contribution in [2.45, 2.75) is 81.6 Å². The average Bonchev–Trinajstić information content (AvgIpc) is 3.48. The van der Waals surface area contributed by atoms with Crippen LogP contribution in [0.2, 0.25) is 0 Å². The minimum atomic E-state index is -1.06. The molecule has 2 saturated heterocycles. The van der Waals surface area contributed by atoms with Crippen LogP contribution >= 0.6 is 0 Å². The standard InChI is InChI=1S/C35H39N5O6/c41-31(20-24-10-5-2-6-11-24)38-28-15-13-27-14-16-30(40(27)35(28)46)34(45)39-29(19-25-12-7-17-36-22-25)33(44)37-26(21-32(42)43)18-23-8-3-1-4-9-23/h1-12,17,22,26-30H,13-16,18-21H2,(H,37,44)(H,38,41)(H,39,45)(H,42,43)/t26-,27-,28?,29-,30?/m0/s1. The molecule has 5 atom stereocenters. The van der Waals surface area contributed by atoms with E-state index >= 15 is 0 Å². The number of amides is 4. The van der Waals surface area contributed by atoms with Crippen LogP contribution in [0, 0.1) is 0 Å².